The number of carbonyl (C=O) groups excluding carboxylic acids is 2. The number of amides is 1. The van der Waals surface area contributed by atoms with Gasteiger partial charge in [-0.2, -0.15) is 0 Å². The van der Waals surface area contributed by atoms with Crippen LogP contribution >= 0.6 is 0 Å². The molecule has 1 aromatic carbocycles. The smallest absolute Gasteiger partial charge is 0.347 e. The van der Waals surface area contributed by atoms with Crippen LogP contribution in [0.2, 0.25) is 0 Å². The maximum absolute atomic E-state index is 12.7. The normalized spacial score (nSPS) is 13.3. The predicted octanol–water partition coefficient (Wildman–Crippen LogP) is 2.46. The molecule has 0 aliphatic heterocycles. The largest absolute Gasteiger partial charge is 0.462 e. The molecule has 1 fully saturated rings. The number of hydrogen-bond donors (Lipinski definition) is 1. The zero-order valence-electron chi connectivity index (χ0n) is 15.8. The summed E-state index contributed by atoms with van der Waals surface area (Å²) in [7, 11) is 0. The number of benzene rings is 1. The molecular weight excluding hydrogens is 376 g/mol. The van der Waals surface area contributed by atoms with E-state index >= 15 is 0 Å². The van der Waals surface area contributed by atoms with E-state index in [0.717, 1.165) is 17.5 Å². The maximum atomic E-state index is 12.7. The molecule has 150 valence electrons. The lowest BCUT2D eigenvalue weighted by Crippen LogP contribution is -2.30. The summed E-state index contributed by atoms with van der Waals surface area (Å²) in [4.78, 5) is 36.8. The maximum Gasteiger partial charge on any atom is 0.347 e. The van der Waals surface area contributed by atoms with Crippen LogP contribution in [0.3, 0.4) is 0 Å². The quantitative estimate of drug-likeness (QED) is 0.615. The van der Waals surface area contributed by atoms with Crippen molar-refractivity contribution >= 4 is 17.6 Å². The van der Waals surface area contributed by atoms with Crippen molar-refractivity contribution in [3.8, 4) is 11.6 Å². The van der Waals surface area contributed by atoms with E-state index in [4.69, 9.17) is 9.15 Å². The van der Waals surface area contributed by atoms with E-state index in [9.17, 15) is 14.4 Å². The van der Waals surface area contributed by atoms with Gasteiger partial charge < -0.3 is 14.5 Å². The number of aromatic nitrogens is 3. The highest BCUT2D eigenvalue weighted by Crippen LogP contribution is 2.36. The average molecular weight is 396 g/mol. The molecule has 1 aliphatic rings. The van der Waals surface area contributed by atoms with Crippen molar-refractivity contribution in [3.05, 3.63) is 58.7 Å². The van der Waals surface area contributed by atoms with Gasteiger partial charge in [0.25, 0.3) is 0 Å². The minimum Gasteiger partial charge on any atom is -0.462 e. The average Bonchev–Trinajstić information content (AvgIpc) is 3.28. The summed E-state index contributed by atoms with van der Waals surface area (Å²) in [6.45, 7) is 1.79. The van der Waals surface area contributed by atoms with E-state index in [1.807, 2.05) is 0 Å². The van der Waals surface area contributed by atoms with Crippen molar-refractivity contribution in [1.29, 1.82) is 0 Å². The number of nitrogens with zero attached hydrogens (tertiary/aromatic N) is 3. The van der Waals surface area contributed by atoms with Gasteiger partial charge in [0.2, 0.25) is 11.7 Å². The van der Waals surface area contributed by atoms with Gasteiger partial charge in [0.15, 0.2) is 5.76 Å². The lowest BCUT2D eigenvalue weighted by Gasteiger charge is -2.06. The fraction of sp³-hybridized carbons (Fsp3) is 0.300. The van der Waals surface area contributed by atoms with Crippen LogP contribution in [0.1, 0.15) is 36.2 Å². The third kappa shape index (κ3) is 3.98. The summed E-state index contributed by atoms with van der Waals surface area (Å²) in [5.41, 5.74) is 0.558. The molecule has 2 heterocycles. The molecule has 1 amide bonds. The van der Waals surface area contributed by atoms with Crippen LogP contribution in [0.5, 0.6) is 0 Å². The number of anilines is 1. The fourth-order valence-electron chi connectivity index (χ4n) is 3.00. The summed E-state index contributed by atoms with van der Waals surface area (Å²) in [5.74, 6) is 0.0900. The predicted molar refractivity (Wildman–Crippen MR) is 103 cm³/mol. The van der Waals surface area contributed by atoms with Gasteiger partial charge in [-0.1, -0.05) is 0 Å². The second-order valence-electron chi connectivity index (χ2n) is 6.69. The third-order valence-corrected chi connectivity index (χ3v) is 4.50. The molecule has 1 saturated carbocycles. The Morgan fingerprint density at radius 1 is 1.24 bits per heavy atom. The van der Waals surface area contributed by atoms with Gasteiger partial charge in [-0.15, -0.1) is 5.10 Å². The Labute approximate surface area is 165 Å². The molecule has 0 bridgehead atoms. The van der Waals surface area contributed by atoms with Gasteiger partial charge in [0.1, 0.15) is 6.54 Å². The first-order chi connectivity index (χ1) is 14.1. The van der Waals surface area contributed by atoms with E-state index in [1.165, 1.54) is 6.26 Å². The summed E-state index contributed by atoms with van der Waals surface area (Å²) in [6, 6.07) is 9.88. The molecule has 0 radical (unpaired) electrons. The molecule has 29 heavy (non-hydrogen) atoms. The van der Waals surface area contributed by atoms with E-state index < -0.39 is 11.9 Å². The standard InChI is InChI=1S/C20H20N4O5/c1-2-28-19(26)13-5-7-14(8-6-13)21-17(25)12-23-20(27)24(15-9-10-15)18(22-23)16-4-3-11-29-16/h3-8,11,15H,2,9-10,12H2,1H3,(H,21,25). The summed E-state index contributed by atoms with van der Waals surface area (Å²) >= 11 is 0. The van der Waals surface area contributed by atoms with E-state index in [2.05, 4.69) is 10.4 Å². The van der Waals surface area contributed by atoms with Crippen LogP contribution in [-0.4, -0.2) is 32.8 Å². The minimum absolute atomic E-state index is 0.0924. The molecule has 0 atom stereocenters. The van der Waals surface area contributed by atoms with Crippen LogP contribution in [0, 0.1) is 0 Å². The topological polar surface area (TPSA) is 108 Å². The number of furan rings is 1. The molecule has 0 spiro atoms. The van der Waals surface area contributed by atoms with Gasteiger partial charge in [-0.05, 0) is 56.2 Å². The molecule has 0 unspecified atom stereocenters. The first kappa shape index (κ1) is 18.7. The van der Waals surface area contributed by atoms with Crippen molar-refractivity contribution in [1.82, 2.24) is 14.3 Å². The van der Waals surface area contributed by atoms with Crippen molar-refractivity contribution in [2.24, 2.45) is 0 Å². The summed E-state index contributed by atoms with van der Waals surface area (Å²) in [5, 5.41) is 7.00. The van der Waals surface area contributed by atoms with Gasteiger partial charge in [-0.25, -0.2) is 14.3 Å². The summed E-state index contributed by atoms with van der Waals surface area (Å²) < 4.78 is 13.0. The Bertz CT molecular complexity index is 1080. The molecule has 2 aromatic heterocycles. The molecule has 1 aliphatic carbocycles. The molecular formula is C20H20N4O5. The van der Waals surface area contributed by atoms with Gasteiger partial charge >= 0.3 is 11.7 Å². The van der Waals surface area contributed by atoms with Crippen molar-refractivity contribution in [2.45, 2.75) is 32.4 Å². The van der Waals surface area contributed by atoms with Crippen molar-refractivity contribution in [3.63, 3.8) is 0 Å². The lowest BCUT2D eigenvalue weighted by atomic mass is 10.2. The first-order valence-electron chi connectivity index (χ1n) is 9.37. The zero-order chi connectivity index (χ0) is 20.4. The monoisotopic (exact) mass is 396 g/mol. The molecule has 1 N–H and O–H groups in total. The van der Waals surface area contributed by atoms with Crippen molar-refractivity contribution < 1.29 is 18.7 Å². The zero-order valence-corrected chi connectivity index (χ0v) is 15.8. The number of nitrogens with one attached hydrogen (secondary N) is 1. The molecule has 0 saturated heterocycles. The Morgan fingerprint density at radius 3 is 2.62 bits per heavy atom. The molecule has 3 aromatic rings. The van der Waals surface area contributed by atoms with Crippen LogP contribution in [0.25, 0.3) is 11.6 Å². The molecule has 9 nitrogen and oxygen atoms in total. The van der Waals surface area contributed by atoms with Gasteiger partial charge in [0, 0.05) is 11.7 Å². The van der Waals surface area contributed by atoms with Crippen molar-refractivity contribution in [2.75, 3.05) is 11.9 Å². The third-order valence-electron chi connectivity index (χ3n) is 4.50. The van der Waals surface area contributed by atoms with Gasteiger partial charge in [0.05, 0.1) is 18.4 Å². The Kier molecular flexibility index (Phi) is 5.03. The fourth-order valence-corrected chi connectivity index (χ4v) is 3.00. The van der Waals surface area contributed by atoms with E-state index in [0.29, 0.717) is 29.4 Å². The number of hydrogen-bond acceptors (Lipinski definition) is 6. The van der Waals surface area contributed by atoms with Crippen LogP contribution < -0.4 is 11.0 Å². The Balaban J connectivity index is 1.48. The highest BCUT2D eigenvalue weighted by atomic mass is 16.5. The second kappa shape index (κ2) is 7.78. The SMILES string of the molecule is CCOC(=O)c1ccc(NC(=O)Cn2nc(-c3ccco3)n(C3CC3)c2=O)cc1. The number of carbonyl (C=O) groups is 2. The Morgan fingerprint density at radius 2 is 2.00 bits per heavy atom. The van der Waals surface area contributed by atoms with Gasteiger partial charge in [-0.3, -0.25) is 9.36 Å². The van der Waals surface area contributed by atoms with E-state index in [-0.39, 0.29) is 18.3 Å². The van der Waals surface area contributed by atoms with Crippen LogP contribution in [0.4, 0.5) is 5.69 Å². The number of rotatable bonds is 7. The molecule has 9 heteroatoms. The van der Waals surface area contributed by atoms with Crippen LogP contribution in [0.15, 0.2) is 51.9 Å². The molecule has 4 rings (SSSR count). The summed E-state index contributed by atoms with van der Waals surface area (Å²) in [6.07, 6.45) is 3.32. The number of esters is 1. The highest BCUT2D eigenvalue weighted by Gasteiger charge is 2.31. The first-order valence-corrected chi connectivity index (χ1v) is 9.37. The number of ether oxygens (including phenoxy) is 1. The lowest BCUT2D eigenvalue weighted by molar-refractivity contribution is -0.117. The highest BCUT2D eigenvalue weighted by molar-refractivity contribution is 5.92. The van der Waals surface area contributed by atoms with Crippen LogP contribution in [-0.2, 0) is 16.1 Å². The second-order valence-corrected chi connectivity index (χ2v) is 6.69. The Hall–Kier alpha value is -3.62. The minimum atomic E-state index is -0.423. The van der Waals surface area contributed by atoms with E-state index in [1.54, 1.807) is 47.9 Å².